The zero-order valence-electron chi connectivity index (χ0n) is 6.56. The first-order chi connectivity index (χ1) is 4.79. The van der Waals surface area contributed by atoms with Crippen LogP contribution in [0, 0.1) is 5.92 Å². The van der Waals surface area contributed by atoms with Crippen molar-refractivity contribution >= 4 is 0 Å². The summed E-state index contributed by atoms with van der Waals surface area (Å²) in [6, 6.07) is 0.424. The van der Waals surface area contributed by atoms with E-state index in [1.165, 1.54) is 25.7 Å². The highest BCUT2D eigenvalue weighted by Gasteiger charge is 2.30. The molecule has 0 spiro atoms. The summed E-state index contributed by atoms with van der Waals surface area (Å²) in [7, 11) is 0. The molecule has 0 bridgehead atoms. The topological polar surface area (TPSA) is 26.0 Å². The maximum Gasteiger partial charge on any atom is 0.0261 e. The zero-order chi connectivity index (χ0) is 7.14. The molecule has 0 amide bonds. The molecule has 2 aliphatic carbocycles. The summed E-state index contributed by atoms with van der Waals surface area (Å²) >= 11 is 0. The minimum Gasteiger partial charge on any atom is -0.324 e. The van der Waals surface area contributed by atoms with E-state index in [9.17, 15) is 0 Å². The Kier molecular flexibility index (Phi) is 1.34. The minimum absolute atomic E-state index is 0.424. The van der Waals surface area contributed by atoms with Gasteiger partial charge in [-0.05, 0) is 31.6 Å². The van der Waals surface area contributed by atoms with E-state index in [1.54, 1.807) is 11.1 Å². The van der Waals surface area contributed by atoms with Gasteiger partial charge in [0.15, 0.2) is 0 Å². The molecule has 0 aromatic carbocycles. The maximum atomic E-state index is 5.95. The van der Waals surface area contributed by atoms with Crippen LogP contribution in [0.1, 0.15) is 32.6 Å². The summed E-state index contributed by atoms with van der Waals surface area (Å²) < 4.78 is 0. The monoisotopic (exact) mass is 137 g/mol. The van der Waals surface area contributed by atoms with Crippen molar-refractivity contribution in [2.45, 2.75) is 38.6 Å². The Labute approximate surface area is 62.3 Å². The molecule has 0 saturated carbocycles. The number of hydrogen-bond donors (Lipinski definition) is 1. The molecule has 0 aliphatic heterocycles. The van der Waals surface area contributed by atoms with Crippen LogP contribution in [0.4, 0.5) is 0 Å². The summed E-state index contributed by atoms with van der Waals surface area (Å²) in [4.78, 5) is 0. The van der Waals surface area contributed by atoms with E-state index >= 15 is 0 Å². The van der Waals surface area contributed by atoms with Gasteiger partial charge in [-0.2, -0.15) is 0 Å². The van der Waals surface area contributed by atoms with Gasteiger partial charge in [-0.3, -0.25) is 0 Å². The fraction of sp³-hybridized carbons (Fsp3) is 0.778. The van der Waals surface area contributed by atoms with E-state index in [0.29, 0.717) is 6.04 Å². The van der Waals surface area contributed by atoms with Gasteiger partial charge in [0.1, 0.15) is 0 Å². The van der Waals surface area contributed by atoms with Crippen molar-refractivity contribution in [3.8, 4) is 0 Å². The molecular formula is C9H15N. The van der Waals surface area contributed by atoms with Crippen LogP contribution >= 0.6 is 0 Å². The Hall–Kier alpha value is -0.300. The smallest absolute Gasteiger partial charge is 0.0261 e. The lowest BCUT2D eigenvalue weighted by atomic mass is 9.98. The molecule has 2 aliphatic rings. The van der Waals surface area contributed by atoms with Crippen molar-refractivity contribution in [3.05, 3.63) is 11.1 Å². The zero-order valence-corrected chi connectivity index (χ0v) is 6.56. The molecule has 10 heavy (non-hydrogen) atoms. The lowest BCUT2D eigenvalue weighted by molar-refractivity contribution is 0.584. The van der Waals surface area contributed by atoms with E-state index in [1.807, 2.05) is 0 Å². The predicted octanol–water partition coefficient (Wildman–Crippen LogP) is 1.83. The highest BCUT2D eigenvalue weighted by Crippen LogP contribution is 2.41. The first kappa shape index (κ1) is 6.41. The van der Waals surface area contributed by atoms with Gasteiger partial charge in [0, 0.05) is 6.04 Å². The summed E-state index contributed by atoms with van der Waals surface area (Å²) in [5, 5.41) is 0. The van der Waals surface area contributed by atoms with Crippen molar-refractivity contribution in [1.29, 1.82) is 0 Å². The summed E-state index contributed by atoms with van der Waals surface area (Å²) in [5.41, 5.74) is 9.26. The summed E-state index contributed by atoms with van der Waals surface area (Å²) in [6.45, 7) is 2.31. The third-order valence-electron chi connectivity index (χ3n) is 2.97. The number of rotatable bonds is 0. The Morgan fingerprint density at radius 3 is 2.70 bits per heavy atom. The van der Waals surface area contributed by atoms with Gasteiger partial charge in [0.2, 0.25) is 0 Å². The van der Waals surface area contributed by atoms with Crippen LogP contribution in [-0.4, -0.2) is 6.04 Å². The standard InChI is InChI=1S/C9H15N/c1-6-2-3-7-4-5-8(10)9(6)7/h6,8H,2-5,10H2,1H3. The van der Waals surface area contributed by atoms with E-state index in [4.69, 9.17) is 5.73 Å². The fourth-order valence-electron chi connectivity index (χ4n) is 2.42. The molecule has 0 aromatic rings. The Morgan fingerprint density at radius 1 is 1.30 bits per heavy atom. The normalized spacial score (nSPS) is 39.0. The van der Waals surface area contributed by atoms with Crippen LogP contribution in [0.15, 0.2) is 11.1 Å². The number of nitrogens with two attached hydrogens (primary N) is 1. The molecule has 56 valence electrons. The first-order valence-corrected chi connectivity index (χ1v) is 4.26. The molecule has 2 rings (SSSR count). The van der Waals surface area contributed by atoms with Crippen LogP contribution in [0.3, 0.4) is 0 Å². The molecule has 2 N–H and O–H groups in total. The molecule has 0 fully saturated rings. The molecule has 0 heterocycles. The molecule has 0 saturated heterocycles. The minimum atomic E-state index is 0.424. The second kappa shape index (κ2) is 2.09. The second-order valence-electron chi connectivity index (χ2n) is 3.64. The average Bonchev–Trinajstić information content (AvgIpc) is 2.40. The van der Waals surface area contributed by atoms with Gasteiger partial charge in [0.05, 0.1) is 0 Å². The second-order valence-corrected chi connectivity index (χ2v) is 3.64. The van der Waals surface area contributed by atoms with Gasteiger partial charge in [-0.25, -0.2) is 0 Å². The van der Waals surface area contributed by atoms with Gasteiger partial charge < -0.3 is 5.73 Å². The van der Waals surface area contributed by atoms with Gasteiger partial charge in [-0.15, -0.1) is 0 Å². The van der Waals surface area contributed by atoms with E-state index < -0.39 is 0 Å². The van der Waals surface area contributed by atoms with Gasteiger partial charge in [-0.1, -0.05) is 18.1 Å². The molecular weight excluding hydrogens is 122 g/mol. The highest BCUT2D eigenvalue weighted by molar-refractivity contribution is 5.31. The SMILES string of the molecule is CC1CCC2=C1C(N)CC2. The Balaban J connectivity index is 2.27. The van der Waals surface area contributed by atoms with E-state index in [-0.39, 0.29) is 0 Å². The van der Waals surface area contributed by atoms with Crippen LogP contribution in [0.25, 0.3) is 0 Å². The van der Waals surface area contributed by atoms with Gasteiger partial charge >= 0.3 is 0 Å². The van der Waals surface area contributed by atoms with Crippen LogP contribution < -0.4 is 5.73 Å². The van der Waals surface area contributed by atoms with E-state index in [0.717, 1.165) is 5.92 Å². The molecule has 0 aromatic heterocycles. The molecule has 1 heteroatoms. The van der Waals surface area contributed by atoms with Crippen molar-refractivity contribution in [3.63, 3.8) is 0 Å². The van der Waals surface area contributed by atoms with Crippen molar-refractivity contribution in [1.82, 2.24) is 0 Å². The number of allylic oxidation sites excluding steroid dienone is 1. The molecule has 0 radical (unpaired) electrons. The van der Waals surface area contributed by atoms with E-state index in [2.05, 4.69) is 6.92 Å². The molecule has 2 atom stereocenters. The fourth-order valence-corrected chi connectivity index (χ4v) is 2.42. The number of hydrogen-bond acceptors (Lipinski definition) is 1. The first-order valence-electron chi connectivity index (χ1n) is 4.26. The lowest BCUT2D eigenvalue weighted by Crippen LogP contribution is -2.21. The Bertz CT molecular complexity index is 163. The van der Waals surface area contributed by atoms with Crippen molar-refractivity contribution in [2.24, 2.45) is 11.7 Å². The summed E-state index contributed by atoms with van der Waals surface area (Å²) in [5.74, 6) is 0.799. The lowest BCUT2D eigenvalue weighted by Gasteiger charge is -2.12. The van der Waals surface area contributed by atoms with Gasteiger partial charge in [0.25, 0.3) is 0 Å². The van der Waals surface area contributed by atoms with Crippen LogP contribution in [0.5, 0.6) is 0 Å². The third kappa shape index (κ3) is 0.734. The quantitative estimate of drug-likeness (QED) is 0.506. The Morgan fingerprint density at radius 2 is 2.00 bits per heavy atom. The predicted molar refractivity (Wildman–Crippen MR) is 42.6 cm³/mol. The molecule has 1 nitrogen and oxygen atoms in total. The molecule has 2 unspecified atom stereocenters. The summed E-state index contributed by atoms with van der Waals surface area (Å²) in [6.07, 6.45) is 5.21. The third-order valence-corrected chi connectivity index (χ3v) is 2.97. The van der Waals surface area contributed by atoms with Crippen LogP contribution in [-0.2, 0) is 0 Å². The largest absolute Gasteiger partial charge is 0.324 e. The van der Waals surface area contributed by atoms with Crippen LogP contribution in [0.2, 0.25) is 0 Å². The maximum absolute atomic E-state index is 5.95. The van der Waals surface area contributed by atoms with Crippen molar-refractivity contribution < 1.29 is 0 Å². The highest BCUT2D eigenvalue weighted by atomic mass is 14.7. The average molecular weight is 137 g/mol. The van der Waals surface area contributed by atoms with Crippen molar-refractivity contribution in [2.75, 3.05) is 0 Å².